The molecule has 0 aliphatic carbocycles. The van der Waals surface area contributed by atoms with Crippen molar-refractivity contribution in [3.05, 3.63) is 33.9 Å². The normalized spacial score (nSPS) is 19.3. The summed E-state index contributed by atoms with van der Waals surface area (Å²) in [5.41, 5.74) is 0.715. The molecule has 96 valence electrons. The lowest BCUT2D eigenvalue weighted by atomic mass is 10.1. The Kier molecular flexibility index (Phi) is 3.49. The van der Waals surface area contributed by atoms with Gasteiger partial charge >= 0.3 is 0 Å². The van der Waals surface area contributed by atoms with Crippen molar-refractivity contribution in [2.45, 2.75) is 18.4 Å². The zero-order valence-corrected chi connectivity index (χ0v) is 10.1. The van der Waals surface area contributed by atoms with Gasteiger partial charge in [-0.25, -0.2) is 0 Å². The van der Waals surface area contributed by atoms with Gasteiger partial charge in [-0.15, -0.1) is 11.6 Å². The Morgan fingerprint density at radius 3 is 2.78 bits per heavy atom. The molecule has 0 aromatic heterocycles. The minimum absolute atomic E-state index is 0.118. The maximum Gasteiger partial charge on any atom is 0.271 e. The zero-order chi connectivity index (χ0) is 13.3. The van der Waals surface area contributed by atoms with Crippen LogP contribution in [0.3, 0.4) is 0 Å². The van der Waals surface area contributed by atoms with Crippen LogP contribution in [0.1, 0.15) is 12.0 Å². The van der Waals surface area contributed by atoms with Crippen LogP contribution in [0, 0.1) is 10.1 Å². The van der Waals surface area contributed by atoms with Crippen LogP contribution in [0.5, 0.6) is 0 Å². The molecule has 1 N–H and O–H groups in total. The number of rotatable bonds is 3. The minimum atomic E-state index is -0.538. The Bertz CT molecular complexity index is 506. The average molecular weight is 271 g/mol. The Hall–Kier alpha value is -1.66. The number of carbonyl (C=O) groups is 1. The van der Waals surface area contributed by atoms with E-state index < -0.39 is 4.92 Å². The average Bonchev–Trinajstić information content (AvgIpc) is 2.67. The highest BCUT2D eigenvalue weighted by Crippen LogP contribution is 2.30. The first kappa shape index (κ1) is 12.8. The summed E-state index contributed by atoms with van der Waals surface area (Å²) >= 11 is 5.89. The minimum Gasteiger partial charge on any atom is -0.392 e. The van der Waals surface area contributed by atoms with E-state index in [4.69, 9.17) is 11.6 Å². The molecule has 0 spiro atoms. The number of hydrogen-bond acceptors (Lipinski definition) is 4. The van der Waals surface area contributed by atoms with Gasteiger partial charge in [0.1, 0.15) is 0 Å². The van der Waals surface area contributed by atoms with Crippen molar-refractivity contribution < 1.29 is 14.8 Å². The molecule has 1 aliphatic rings. The highest BCUT2D eigenvalue weighted by atomic mass is 35.5. The molecule has 1 saturated heterocycles. The second kappa shape index (κ2) is 4.91. The fourth-order valence-corrected chi connectivity index (χ4v) is 2.22. The first-order valence-corrected chi connectivity index (χ1v) is 5.79. The summed E-state index contributed by atoms with van der Waals surface area (Å²) < 4.78 is 0. The molecule has 0 bridgehead atoms. The maximum absolute atomic E-state index is 11.7. The summed E-state index contributed by atoms with van der Waals surface area (Å²) in [7, 11) is 0. The molecule has 18 heavy (non-hydrogen) atoms. The number of aliphatic hydroxyl groups excluding tert-OH is 1. The van der Waals surface area contributed by atoms with E-state index in [1.54, 1.807) is 0 Å². The summed E-state index contributed by atoms with van der Waals surface area (Å²) in [6, 6.07) is 4.04. The Morgan fingerprint density at radius 1 is 1.56 bits per heavy atom. The smallest absolute Gasteiger partial charge is 0.271 e. The number of aliphatic hydroxyl groups is 1. The van der Waals surface area contributed by atoms with Crippen LogP contribution < -0.4 is 4.90 Å². The lowest BCUT2D eigenvalue weighted by molar-refractivity contribution is -0.384. The Morgan fingerprint density at radius 2 is 2.28 bits per heavy atom. The molecule has 1 unspecified atom stereocenters. The molecule has 1 atom stereocenters. The highest BCUT2D eigenvalue weighted by molar-refractivity contribution is 6.24. The number of benzene rings is 1. The molecule has 1 aromatic rings. The second-order valence-electron chi connectivity index (χ2n) is 4.03. The molecule has 1 aromatic carbocycles. The molecule has 1 amide bonds. The predicted octanol–water partition coefficient (Wildman–Crippen LogP) is 1.43. The molecule has 1 fully saturated rings. The van der Waals surface area contributed by atoms with Crippen molar-refractivity contribution in [2.24, 2.45) is 0 Å². The molecular formula is C11H11ClN2O4. The Labute approximate surface area is 108 Å². The van der Waals surface area contributed by atoms with E-state index in [2.05, 4.69) is 0 Å². The number of nitrogens with zero attached hydrogens (tertiary/aromatic N) is 2. The van der Waals surface area contributed by atoms with Gasteiger partial charge < -0.3 is 10.0 Å². The third kappa shape index (κ3) is 2.30. The molecule has 2 rings (SSSR count). The third-order valence-electron chi connectivity index (χ3n) is 2.82. The number of anilines is 1. The van der Waals surface area contributed by atoms with Crippen LogP contribution in [0.2, 0.25) is 0 Å². The van der Waals surface area contributed by atoms with E-state index in [-0.39, 0.29) is 30.0 Å². The van der Waals surface area contributed by atoms with Crippen LogP contribution in [-0.4, -0.2) is 27.9 Å². The van der Waals surface area contributed by atoms with E-state index >= 15 is 0 Å². The number of non-ortho nitro benzene ring substituents is 1. The van der Waals surface area contributed by atoms with Crippen molar-refractivity contribution >= 4 is 28.9 Å². The quantitative estimate of drug-likeness (QED) is 0.512. The molecular weight excluding hydrogens is 260 g/mol. The van der Waals surface area contributed by atoms with Crippen LogP contribution >= 0.6 is 11.6 Å². The molecule has 1 heterocycles. The van der Waals surface area contributed by atoms with Gasteiger partial charge in [-0.1, -0.05) is 0 Å². The molecule has 0 saturated carbocycles. The van der Waals surface area contributed by atoms with Crippen LogP contribution in [0.25, 0.3) is 0 Å². The molecule has 6 nitrogen and oxygen atoms in total. The summed E-state index contributed by atoms with van der Waals surface area (Å²) in [5.74, 6) is -0.190. The highest BCUT2D eigenvalue weighted by Gasteiger charge is 2.31. The lowest BCUT2D eigenvalue weighted by Crippen LogP contribution is -2.25. The van der Waals surface area contributed by atoms with Crippen LogP contribution in [0.4, 0.5) is 11.4 Å². The van der Waals surface area contributed by atoms with Crippen molar-refractivity contribution in [2.75, 3.05) is 11.4 Å². The molecule has 1 aliphatic heterocycles. The van der Waals surface area contributed by atoms with Crippen molar-refractivity contribution in [3.8, 4) is 0 Å². The van der Waals surface area contributed by atoms with Crippen LogP contribution in [0.15, 0.2) is 18.2 Å². The number of hydrogen-bond donors (Lipinski definition) is 1. The molecule has 0 radical (unpaired) electrons. The van der Waals surface area contributed by atoms with Crippen molar-refractivity contribution in [1.29, 1.82) is 0 Å². The van der Waals surface area contributed by atoms with Gasteiger partial charge in [0.25, 0.3) is 5.69 Å². The van der Waals surface area contributed by atoms with E-state index in [1.165, 1.54) is 23.1 Å². The third-order valence-corrected chi connectivity index (χ3v) is 3.11. The Balaban J connectivity index is 2.44. The van der Waals surface area contributed by atoms with Crippen molar-refractivity contribution in [3.63, 3.8) is 0 Å². The molecule has 7 heteroatoms. The summed E-state index contributed by atoms with van der Waals surface area (Å²) in [4.78, 5) is 23.3. The fraction of sp³-hybridized carbons (Fsp3) is 0.364. The van der Waals surface area contributed by atoms with E-state index in [1.807, 2.05) is 0 Å². The fourth-order valence-electron chi connectivity index (χ4n) is 1.95. The van der Waals surface area contributed by atoms with Crippen LogP contribution in [-0.2, 0) is 11.4 Å². The standard InChI is InChI=1S/C11H11ClN2O4/c12-8-3-11(16)13(5-8)10-4-9(14(17)18)2-1-7(10)6-15/h1-2,4,8,15H,3,5-6H2. The van der Waals surface area contributed by atoms with Gasteiger partial charge in [-0.05, 0) is 6.07 Å². The van der Waals surface area contributed by atoms with Gasteiger partial charge in [-0.2, -0.15) is 0 Å². The maximum atomic E-state index is 11.7. The van der Waals surface area contributed by atoms with Gasteiger partial charge in [0.15, 0.2) is 0 Å². The zero-order valence-electron chi connectivity index (χ0n) is 9.38. The van der Waals surface area contributed by atoms with Gasteiger partial charge in [0.2, 0.25) is 5.91 Å². The first-order valence-electron chi connectivity index (χ1n) is 5.35. The number of halogens is 1. The topological polar surface area (TPSA) is 83.7 Å². The summed E-state index contributed by atoms with van der Waals surface area (Å²) in [6.07, 6.45) is 0.203. The number of amides is 1. The van der Waals surface area contributed by atoms with Crippen molar-refractivity contribution in [1.82, 2.24) is 0 Å². The number of nitro benzene ring substituents is 1. The second-order valence-corrected chi connectivity index (χ2v) is 4.65. The summed E-state index contributed by atoms with van der Waals surface area (Å²) in [5, 5.41) is 19.6. The first-order chi connectivity index (χ1) is 8.52. The van der Waals surface area contributed by atoms with Gasteiger partial charge in [0, 0.05) is 30.7 Å². The van der Waals surface area contributed by atoms with Gasteiger partial charge in [0.05, 0.1) is 22.6 Å². The monoisotopic (exact) mass is 270 g/mol. The largest absolute Gasteiger partial charge is 0.392 e. The van der Waals surface area contributed by atoms with E-state index in [9.17, 15) is 20.0 Å². The lowest BCUT2D eigenvalue weighted by Gasteiger charge is -2.18. The number of nitro groups is 1. The van der Waals surface area contributed by atoms with Gasteiger partial charge in [-0.3, -0.25) is 14.9 Å². The van der Waals surface area contributed by atoms with E-state index in [0.717, 1.165) is 0 Å². The SMILES string of the molecule is O=C1CC(Cl)CN1c1cc([N+](=O)[O-])ccc1CO. The predicted molar refractivity (Wildman–Crippen MR) is 65.6 cm³/mol. The summed E-state index contributed by atoms with van der Waals surface area (Å²) in [6.45, 7) is 0.0125. The van der Waals surface area contributed by atoms with E-state index in [0.29, 0.717) is 17.8 Å². The number of carbonyl (C=O) groups excluding carboxylic acids is 1. The number of alkyl halides is 1.